The Morgan fingerprint density at radius 3 is 2.65 bits per heavy atom. The van der Waals surface area contributed by atoms with Crippen LogP contribution in [0.1, 0.15) is 10.5 Å². The maximum Gasteiger partial charge on any atom is 0.273 e. The van der Waals surface area contributed by atoms with Gasteiger partial charge < -0.3 is 14.7 Å². The second kappa shape index (κ2) is 6.00. The summed E-state index contributed by atoms with van der Waals surface area (Å²) in [6.07, 6.45) is 1.59. The number of piperazine rings is 1. The molecule has 0 N–H and O–H groups in total. The molecule has 1 atom stereocenters. The first-order valence-corrected chi connectivity index (χ1v) is 6.62. The lowest BCUT2D eigenvalue weighted by Gasteiger charge is -2.39. The molecule has 1 aromatic heterocycles. The fourth-order valence-corrected chi connectivity index (χ4v) is 2.31. The van der Waals surface area contributed by atoms with E-state index in [-0.39, 0.29) is 11.8 Å². The van der Waals surface area contributed by atoms with Crippen LogP contribution in [0.15, 0.2) is 24.4 Å². The Labute approximate surface area is 119 Å². The number of hydrogen-bond donors (Lipinski definition) is 0. The molecule has 1 fully saturated rings. The molecule has 2 amide bonds. The molecule has 1 aliphatic rings. The molecule has 6 nitrogen and oxygen atoms in total. The number of pyridine rings is 1. The van der Waals surface area contributed by atoms with E-state index in [0.717, 1.165) is 6.54 Å². The summed E-state index contributed by atoms with van der Waals surface area (Å²) in [5.74, 6) is -0.236. The number of nitrogens with zero attached hydrogens (tertiary/aromatic N) is 4. The van der Waals surface area contributed by atoms with Gasteiger partial charge in [-0.25, -0.2) is 0 Å². The molecule has 0 radical (unpaired) electrons. The number of hydrogen-bond acceptors (Lipinski definition) is 4. The van der Waals surface area contributed by atoms with Gasteiger partial charge in [0.15, 0.2) is 0 Å². The molecule has 1 saturated heterocycles. The largest absolute Gasteiger partial charge is 0.347 e. The SMILES string of the molecule is CN1CCN(C(=O)c2ccccn2)[C@H](C(=O)N(C)C)C1. The lowest BCUT2D eigenvalue weighted by Crippen LogP contribution is -2.59. The number of carbonyl (C=O) groups excluding carboxylic acids is 2. The van der Waals surface area contributed by atoms with Gasteiger partial charge in [-0.15, -0.1) is 0 Å². The van der Waals surface area contributed by atoms with Crippen LogP contribution in [0, 0.1) is 0 Å². The smallest absolute Gasteiger partial charge is 0.273 e. The van der Waals surface area contributed by atoms with Crippen LogP contribution in [0.3, 0.4) is 0 Å². The Morgan fingerprint density at radius 2 is 2.05 bits per heavy atom. The van der Waals surface area contributed by atoms with E-state index in [2.05, 4.69) is 9.88 Å². The fourth-order valence-electron chi connectivity index (χ4n) is 2.31. The van der Waals surface area contributed by atoms with Crippen LogP contribution in [-0.2, 0) is 4.79 Å². The van der Waals surface area contributed by atoms with Crippen molar-refractivity contribution in [2.24, 2.45) is 0 Å². The molecule has 0 spiro atoms. The van der Waals surface area contributed by atoms with Crippen LogP contribution in [-0.4, -0.2) is 78.3 Å². The molecule has 108 valence electrons. The van der Waals surface area contributed by atoms with Crippen LogP contribution in [0.4, 0.5) is 0 Å². The zero-order valence-corrected chi connectivity index (χ0v) is 12.1. The van der Waals surface area contributed by atoms with Gasteiger partial charge in [-0.3, -0.25) is 14.6 Å². The summed E-state index contributed by atoms with van der Waals surface area (Å²) in [5, 5.41) is 0. The summed E-state index contributed by atoms with van der Waals surface area (Å²) in [5.41, 5.74) is 0.383. The van der Waals surface area contributed by atoms with Gasteiger partial charge in [0.25, 0.3) is 5.91 Å². The van der Waals surface area contributed by atoms with Crippen LogP contribution in [0.5, 0.6) is 0 Å². The quantitative estimate of drug-likeness (QED) is 0.758. The van der Waals surface area contributed by atoms with E-state index in [1.54, 1.807) is 43.4 Å². The molecule has 0 aliphatic carbocycles. The number of carbonyl (C=O) groups is 2. The topological polar surface area (TPSA) is 56.8 Å². The van der Waals surface area contributed by atoms with E-state index in [1.807, 2.05) is 7.05 Å². The molecular weight excluding hydrogens is 256 g/mol. The van der Waals surface area contributed by atoms with Crippen molar-refractivity contribution in [3.8, 4) is 0 Å². The van der Waals surface area contributed by atoms with Crippen LogP contribution in [0.25, 0.3) is 0 Å². The Morgan fingerprint density at radius 1 is 1.30 bits per heavy atom. The summed E-state index contributed by atoms with van der Waals surface area (Å²) in [7, 11) is 5.37. The van der Waals surface area contributed by atoms with E-state index in [4.69, 9.17) is 0 Å². The van der Waals surface area contributed by atoms with Crippen molar-refractivity contribution in [2.45, 2.75) is 6.04 Å². The maximum absolute atomic E-state index is 12.5. The third kappa shape index (κ3) is 2.96. The summed E-state index contributed by atoms with van der Waals surface area (Å²) < 4.78 is 0. The first-order valence-electron chi connectivity index (χ1n) is 6.62. The van der Waals surface area contributed by atoms with E-state index in [1.165, 1.54) is 4.90 Å². The number of likely N-dealkylation sites (N-methyl/N-ethyl adjacent to an activating group) is 2. The van der Waals surface area contributed by atoms with Crippen molar-refractivity contribution in [2.75, 3.05) is 40.8 Å². The highest BCUT2D eigenvalue weighted by atomic mass is 16.2. The molecule has 2 rings (SSSR count). The Hall–Kier alpha value is -1.95. The molecule has 0 aromatic carbocycles. The highest BCUT2D eigenvalue weighted by Crippen LogP contribution is 2.14. The zero-order chi connectivity index (χ0) is 14.7. The molecule has 1 aromatic rings. The minimum absolute atomic E-state index is 0.0548. The summed E-state index contributed by atoms with van der Waals surface area (Å²) in [6.45, 7) is 1.85. The lowest BCUT2D eigenvalue weighted by molar-refractivity contribution is -0.135. The minimum Gasteiger partial charge on any atom is -0.347 e. The standard InChI is InChI=1S/C14H20N4O2/c1-16(2)14(20)12-10-17(3)8-9-18(12)13(19)11-6-4-5-7-15-11/h4-7,12H,8-10H2,1-3H3/t12-/m0/s1. The summed E-state index contributed by atoms with van der Waals surface area (Å²) in [6, 6.07) is 4.78. The third-order valence-corrected chi connectivity index (χ3v) is 3.45. The van der Waals surface area contributed by atoms with Gasteiger partial charge in [0.2, 0.25) is 5.91 Å². The van der Waals surface area contributed by atoms with Gasteiger partial charge in [-0.2, -0.15) is 0 Å². The van der Waals surface area contributed by atoms with E-state index in [9.17, 15) is 9.59 Å². The molecule has 0 saturated carbocycles. The van der Waals surface area contributed by atoms with E-state index < -0.39 is 6.04 Å². The monoisotopic (exact) mass is 276 g/mol. The van der Waals surface area contributed by atoms with E-state index in [0.29, 0.717) is 18.8 Å². The number of aromatic nitrogens is 1. The highest BCUT2D eigenvalue weighted by Gasteiger charge is 2.35. The molecule has 6 heteroatoms. The molecule has 0 unspecified atom stereocenters. The average Bonchev–Trinajstić information content (AvgIpc) is 2.46. The minimum atomic E-state index is -0.446. The second-order valence-electron chi connectivity index (χ2n) is 5.22. The Bertz CT molecular complexity index is 489. The van der Waals surface area contributed by atoms with E-state index >= 15 is 0 Å². The van der Waals surface area contributed by atoms with Crippen LogP contribution < -0.4 is 0 Å². The van der Waals surface area contributed by atoms with Gasteiger partial charge in [0, 0.05) is 39.9 Å². The Balaban J connectivity index is 2.23. The second-order valence-corrected chi connectivity index (χ2v) is 5.22. The van der Waals surface area contributed by atoms with Gasteiger partial charge in [-0.1, -0.05) is 6.07 Å². The molecule has 1 aliphatic heterocycles. The fraction of sp³-hybridized carbons (Fsp3) is 0.500. The van der Waals surface area contributed by atoms with Crippen molar-refractivity contribution in [1.29, 1.82) is 0 Å². The Kier molecular flexibility index (Phi) is 4.34. The van der Waals surface area contributed by atoms with Gasteiger partial charge in [-0.05, 0) is 19.2 Å². The van der Waals surface area contributed by atoms with Crippen molar-refractivity contribution in [3.05, 3.63) is 30.1 Å². The summed E-state index contributed by atoms with van der Waals surface area (Å²) >= 11 is 0. The third-order valence-electron chi connectivity index (χ3n) is 3.45. The average molecular weight is 276 g/mol. The predicted octanol–water partition coefficient (Wildman–Crippen LogP) is -0.0740. The normalized spacial score (nSPS) is 19.8. The molecular formula is C14H20N4O2. The molecule has 20 heavy (non-hydrogen) atoms. The van der Waals surface area contributed by atoms with Crippen molar-refractivity contribution in [1.82, 2.24) is 19.7 Å². The van der Waals surface area contributed by atoms with Gasteiger partial charge >= 0.3 is 0 Å². The zero-order valence-electron chi connectivity index (χ0n) is 12.1. The molecule has 0 bridgehead atoms. The lowest BCUT2D eigenvalue weighted by atomic mass is 10.1. The maximum atomic E-state index is 12.5. The first-order chi connectivity index (χ1) is 9.50. The van der Waals surface area contributed by atoms with Crippen molar-refractivity contribution < 1.29 is 9.59 Å². The molecule has 2 heterocycles. The van der Waals surface area contributed by atoms with Crippen molar-refractivity contribution in [3.63, 3.8) is 0 Å². The number of rotatable bonds is 2. The number of amides is 2. The van der Waals surface area contributed by atoms with Crippen LogP contribution >= 0.6 is 0 Å². The highest BCUT2D eigenvalue weighted by molar-refractivity contribution is 5.96. The van der Waals surface area contributed by atoms with Gasteiger partial charge in [0.1, 0.15) is 11.7 Å². The van der Waals surface area contributed by atoms with Gasteiger partial charge in [0.05, 0.1) is 0 Å². The first kappa shape index (κ1) is 14.5. The predicted molar refractivity (Wildman–Crippen MR) is 75.3 cm³/mol. The summed E-state index contributed by atoms with van der Waals surface area (Å²) in [4.78, 5) is 34.1. The van der Waals surface area contributed by atoms with Crippen molar-refractivity contribution >= 4 is 11.8 Å². The van der Waals surface area contributed by atoms with Crippen LogP contribution in [0.2, 0.25) is 0 Å².